The third kappa shape index (κ3) is 5.71. The fraction of sp³-hybridized carbons (Fsp3) is 0.714. The van der Waals surface area contributed by atoms with E-state index < -0.39 is 24.0 Å². The van der Waals surface area contributed by atoms with Crippen molar-refractivity contribution in [1.82, 2.24) is 10.2 Å². The van der Waals surface area contributed by atoms with Crippen molar-refractivity contribution >= 4 is 23.8 Å². The van der Waals surface area contributed by atoms with Crippen molar-refractivity contribution in [3.8, 4) is 0 Å². The van der Waals surface area contributed by atoms with Crippen molar-refractivity contribution in [2.45, 2.75) is 45.6 Å². The van der Waals surface area contributed by atoms with Crippen LogP contribution in [0.15, 0.2) is 0 Å². The van der Waals surface area contributed by atoms with Crippen LogP contribution in [0, 0.1) is 5.92 Å². The lowest BCUT2D eigenvalue weighted by atomic mass is 10.1. The first-order chi connectivity index (χ1) is 10.3. The van der Waals surface area contributed by atoms with Crippen molar-refractivity contribution in [3.63, 3.8) is 0 Å². The van der Waals surface area contributed by atoms with Crippen LogP contribution in [-0.4, -0.2) is 47.9 Å². The van der Waals surface area contributed by atoms with E-state index in [-0.39, 0.29) is 18.4 Å². The molecule has 124 valence electrons. The average molecular weight is 313 g/mol. The SMILES string of the molecule is CC(C)[C@H](OC(=O)CN1CCCCCC1=O)C(=O)NC(N)=O. The molecule has 1 aliphatic heterocycles. The van der Waals surface area contributed by atoms with Crippen molar-refractivity contribution in [2.24, 2.45) is 11.7 Å². The Morgan fingerprint density at radius 3 is 2.55 bits per heavy atom. The highest BCUT2D eigenvalue weighted by atomic mass is 16.5. The predicted octanol–water partition coefficient (Wildman–Crippen LogP) is 0.152. The summed E-state index contributed by atoms with van der Waals surface area (Å²) >= 11 is 0. The minimum atomic E-state index is -1.12. The molecule has 22 heavy (non-hydrogen) atoms. The zero-order valence-electron chi connectivity index (χ0n) is 13.0. The number of ether oxygens (including phenoxy) is 1. The standard InChI is InChI=1S/C14H23N3O5/c1-9(2)12(13(20)16-14(15)21)22-11(19)8-17-7-5-3-4-6-10(17)18/h9,12H,3-8H2,1-2H3,(H3,15,16,20,21)/t12-/m0/s1. The number of imide groups is 1. The summed E-state index contributed by atoms with van der Waals surface area (Å²) in [6, 6.07) is -1.01. The van der Waals surface area contributed by atoms with E-state index in [4.69, 9.17) is 10.5 Å². The molecule has 8 heteroatoms. The van der Waals surface area contributed by atoms with Gasteiger partial charge in [-0.3, -0.25) is 19.7 Å². The predicted molar refractivity (Wildman–Crippen MR) is 77.5 cm³/mol. The number of urea groups is 1. The minimum absolute atomic E-state index is 0.0860. The number of likely N-dealkylation sites (tertiary alicyclic amines) is 1. The Bertz CT molecular complexity index is 450. The lowest BCUT2D eigenvalue weighted by Gasteiger charge is -2.23. The van der Waals surface area contributed by atoms with E-state index in [0.717, 1.165) is 19.3 Å². The summed E-state index contributed by atoms with van der Waals surface area (Å²) in [6.07, 6.45) is 1.91. The number of rotatable bonds is 5. The molecule has 0 aromatic carbocycles. The number of primary amides is 1. The van der Waals surface area contributed by atoms with Crippen LogP contribution in [0.4, 0.5) is 4.79 Å². The summed E-state index contributed by atoms with van der Waals surface area (Å²) < 4.78 is 5.11. The van der Waals surface area contributed by atoms with Gasteiger partial charge in [0.05, 0.1) is 0 Å². The highest BCUT2D eigenvalue weighted by molar-refractivity contribution is 5.97. The molecule has 0 radical (unpaired) electrons. The Kier molecular flexibility index (Phi) is 6.81. The van der Waals surface area contributed by atoms with Gasteiger partial charge in [-0.25, -0.2) is 4.79 Å². The number of nitrogens with two attached hydrogens (primary N) is 1. The Morgan fingerprint density at radius 1 is 1.27 bits per heavy atom. The van der Waals surface area contributed by atoms with Crippen LogP contribution in [0.3, 0.4) is 0 Å². The van der Waals surface area contributed by atoms with Crippen molar-refractivity contribution in [2.75, 3.05) is 13.1 Å². The lowest BCUT2D eigenvalue weighted by Crippen LogP contribution is -2.47. The summed E-state index contributed by atoms with van der Waals surface area (Å²) in [5.41, 5.74) is 4.88. The third-order valence-electron chi connectivity index (χ3n) is 3.36. The van der Waals surface area contributed by atoms with Crippen molar-refractivity contribution in [1.29, 1.82) is 0 Å². The van der Waals surface area contributed by atoms with E-state index in [1.807, 2.05) is 5.32 Å². The van der Waals surface area contributed by atoms with Gasteiger partial charge in [-0.05, 0) is 18.8 Å². The molecule has 4 amide bonds. The fourth-order valence-electron chi connectivity index (χ4n) is 2.23. The van der Waals surface area contributed by atoms with Crippen LogP contribution in [-0.2, 0) is 19.1 Å². The largest absolute Gasteiger partial charge is 0.451 e. The monoisotopic (exact) mass is 313 g/mol. The van der Waals surface area contributed by atoms with E-state index >= 15 is 0 Å². The zero-order chi connectivity index (χ0) is 16.7. The van der Waals surface area contributed by atoms with Crippen LogP contribution in [0.2, 0.25) is 0 Å². The molecule has 1 atom stereocenters. The normalized spacial score (nSPS) is 16.9. The quantitative estimate of drug-likeness (QED) is 0.700. The molecular formula is C14H23N3O5. The van der Waals surface area contributed by atoms with Crippen LogP contribution in [0.5, 0.6) is 0 Å². The van der Waals surface area contributed by atoms with Gasteiger partial charge in [0.2, 0.25) is 5.91 Å². The van der Waals surface area contributed by atoms with Crippen LogP contribution >= 0.6 is 0 Å². The molecule has 0 saturated carbocycles. The van der Waals surface area contributed by atoms with Crippen molar-refractivity contribution < 1.29 is 23.9 Å². The number of nitrogens with one attached hydrogen (secondary N) is 1. The molecule has 1 fully saturated rings. The fourth-order valence-corrected chi connectivity index (χ4v) is 2.23. The molecule has 1 rings (SSSR count). The van der Waals surface area contributed by atoms with Gasteiger partial charge in [0.15, 0.2) is 6.10 Å². The number of nitrogens with zero attached hydrogens (tertiary/aromatic N) is 1. The van der Waals surface area contributed by atoms with Gasteiger partial charge < -0.3 is 15.4 Å². The van der Waals surface area contributed by atoms with Gasteiger partial charge in [0.25, 0.3) is 5.91 Å². The maximum atomic E-state index is 12.0. The number of esters is 1. The second-order valence-corrected chi connectivity index (χ2v) is 5.63. The van der Waals surface area contributed by atoms with Gasteiger partial charge >= 0.3 is 12.0 Å². The topological polar surface area (TPSA) is 119 Å². The molecule has 0 aromatic rings. The van der Waals surface area contributed by atoms with E-state index in [0.29, 0.717) is 13.0 Å². The number of carbonyl (C=O) groups excluding carboxylic acids is 4. The summed E-state index contributed by atoms with van der Waals surface area (Å²) in [5, 5.41) is 1.89. The molecule has 0 aromatic heterocycles. The highest BCUT2D eigenvalue weighted by Gasteiger charge is 2.29. The first kappa shape index (κ1) is 17.9. The lowest BCUT2D eigenvalue weighted by molar-refractivity contribution is -0.160. The van der Waals surface area contributed by atoms with Crippen molar-refractivity contribution in [3.05, 3.63) is 0 Å². The third-order valence-corrected chi connectivity index (χ3v) is 3.36. The van der Waals surface area contributed by atoms with E-state index in [1.54, 1.807) is 13.8 Å². The van der Waals surface area contributed by atoms with Gasteiger partial charge in [-0.1, -0.05) is 20.3 Å². The molecule has 1 aliphatic rings. The second kappa shape index (κ2) is 8.35. The molecule has 8 nitrogen and oxygen atoms in total. The molecule has 3 N–H and O–H groups in total. The van der Waals surface area contributed by atoms with Crippen LogP contribution < -0.4 is 11.1 Å². The number of amides is 4. The van der Waals surface area contributed by atoms with E-state index in [2.05, 4.69) is 0 Å². The molecule has 0 aliphatic carbocycles. The molecule has 1 heterocycles. The average Bonchev–Trinajstić information content (AvgIpc) is 2.60. The van der Waals surface area contributed by atoms with Gasteiger partial charge in [-0.15, -0.1) is 0 Å². The number of hydrogen-bond donors (Lipinski definition) is 2. The second-order valence-electron chi connectivity index (χ2n) is 5.63. The smallest absolute Gasteiger partial charge is 0.326 e. The summed E-state index contributed by atoms with van der Waals surface area (Å²) in [4.78, 5) is 47.7. The van der Waals surface area contributed by atoms with Gasteiger partial charge in [-0.2, -0.15) is 0 Å². The molecule has 0 spiro atoms. The maximum absolute atomic E-state index is 12.0. The number of hydrogen-bond acceptors (Lipinski definition) is 5. The Hall–Kier alpha value is -2.12. The molecule has 0 unspecified atom stereocenters. The van der Waals surface area contributed by atoms with E-state index in [1.165, 1.54) is 4.90 Å². The molecule has 1 saturated heterocycles. The maximum Gasteiger partial charge on any atom is 0.326 e. The first-order valence-corrected chi connectivity index (χ1v) is 7.38. The first-order valence-electron chi connectivity index (χ1n) is 7.38. The summed E-state index contributed by atoms with van der Waals surface area (Å²) in [7, 11) is 0. The summed E-state index contributed by atoms with van der Waals surface area (Å²) in [5.74, 6) is -1.85. The van der Waals surface area contributed by atoms with Crippen LogP contribution in [0.1, 0.15) is 39.5 Å². The Morgan fingerprint density at radius 2 is 1.95 bits per heavy atom. The summed E-state index contributed by atoms with van der Waals surface area (Å²) in [6.45, 7) is 3.67. The van der Waals surface area contributed by atoms with Gasteiger partial charge in [0.1, 0.15) is 6.54 Å². The Balaban J connectivity index is 2.61. The number of carbonyl (C=O) groups is 4. The molecule has 0 bridgehead atoms. The molecular weight excluding hydrogens is 290 g/mol. The highest BCUT2D eigenvalue weighted by Crippen LogP contribution is 2.12. The van der Waals surface area contributed by atoms with Crippen LogP contribution in [0.25, 0.3) is 0 Å². The Labute approximate surface area is 129 Å². The van der Waals surface area contributed by atoms with E-state index in [9.17, 15) is 19.2 Å². The minimum Gasteiger partial charge on any atom is -0.451 e. The van der Waals surface area contributed by atoms with Gasteiger partial charge in [0, 0.05) is 13.0 Å². The zero-order valence-corrected chi connectivity index (χ0v) is 13.0.